The molecule has 1 fully saturated rings. The van der Waals surface area contributed by atoms with Crippen LogP contribution in [0.25, 0.3) is 0 Å². The topological polar surface area (TPSA) is 63.4 Å². The maximum Gasteiger partial charge on any atom is 0.309 e. The van der Waals surface area contributed by atoms with Crippen molar-refractivity contribution in [1.82, 2.24) is 0 Å². The fraction of sp³-hybridized carbons (Fsp3) is 0.429. The van der Waals surface area contributed by atoms with E-state index in [1.165, 1.54) is 0 Å². The molecular formula is C7H6FNO3. The Hall–Kier alpha value is -1.39. The number of nitro groups is 1. The van der Waals surface area contributed by atoms with E-state index in [4.69, 9.17) is 0 Å². The molecule has 2 aliphatic rings. The first kappa shape index (κ1) is 7.27. The number of fused-ring (bicyclic) bond motifs is 1. The molecule has 0 aromatic rings. The van der Waals surface area contributed by atoms with Crippen LogP contribution in [0.15, 0.2) is 23.4 Å². The first-order valence-corrected chi connectivity index (χ1v) is 3.56. The summed E-state index contributed by atoms with van der Waals surface area (Å²) in [7, 11) is 0. The molecule has 1 saturated carbocycles. The monoisotopic (exact) mass is 171 g/mol. The quantitative estimate of drug-likeness (QED) is 0.480. The number of allylic oxidation sites excluding steroid dienone is 3. The van der Waals surface area contributed by atoms with E-state index in [1.807, 2.05) is 0 Å². The van der Waals surface area contributed by atoms with Gasteiger partial charge in [0.05, 0.1) is 11.0 Å². The van der Waals surface area contributed by atoms with Gasteiger partial charge in [0.15, 0.2) is 5.76 Å². The average molecular weight is 171 g/mol. The van der Waals surface area contributed by atoms with Gasteiger partial charge in [-0.05, 0) is 6.42 Å². The van der Waals surface area contributed by atoms with E-state index in [0.29, 0.717) is 6.42 Å². The number of hydrogen-bond donors (Lipinski definition) is 1. The second kappa shape index (κ2) is 2.06. The Morgan fingerprint density at radius 2 is 2.33 bits per heavy atom. The van der Waals surface area contributed by atoms with E-state index in [0.717, 1.165) is 6.08 Å². The molecule has 2 atom stereocenters. The van der Waals surface area contributed by atoms with Gasteiger partial charge in [0.2, 0.25) is 0 Å². The molecule has 5 heteroatoms. The third-order valence-corrected chi connectivity index (χ3v) is 2.23. The van der Waals surface area contributed by atoms with Gasteiger partial charge in [0.25, 0.3) is 0 Å². The highest BCUT2D eigenvalue weighted by Gasteiger charge is 2.50. The lowest BCUT2D eigenvalue weighted by Gasteiger charge is -2.03. The second-order valence-corrected chi connectivity index (χ2v) is 3.01. The molecule has 64 valence electrons. The number of nitrogens with zero attached hydrogens (tertiary/aromatic N) is 1. The Kier molecular flexibility index (Phi) is 1.25. The van der Waals surface area contributed by atoms with Crippen LogP contribution >= 0.6 is 0 Å². The third-order valence-electron chi connectivity index (χ3n) is 2.23. The van der Waals surface area contributed by atoms with Crippen LogP contribution in [0.2, 0.25) is 0 Å². The molecule has 12 heavy (non-hydrogen) atoms. The van der Waals surface area contributed by atoms with Crippen molar-refractivity contribution in [2.24, 2.45) is 11.8 Å². The van der Waals surface area contributed by atoms with Crippen molar-refractivity contribution in [2.75, 3.05) is 0 Å². The normalized spacial score (nSPS) is 32.6. The molecule has 0 saturated heterocycles. The fourth-order valence-electron chi connectivity index (χ4n) is 1.45. The van der Waals surface area contributed by atoms with Gasteiger partial charge < -0.3 is 5.11 Å². The van der Waals surface area contributed by atoms with Gasteiger partial charge in [-0.2, -0.15) is 0 Å². The van der Waals surface area contributed by atoms with Gasteiger partial charge in [0.1, 0.15) is 5.83 Å². The predicted molar refractivity (Wildman–Crippen MR) is 37.4 cm³/mol. The van der Waals surface area contributed by atoms with Gasteiger partial charge in [-0.3, -0.25) is 10.1 Å². The Morgan fingerprint density at radius 1 is 1.67 bits per heavy atom. The molecule has 0 aromatic carbocycles. The van der Waals surface area contributed by atoms with Crippen LogP contribution in [-0.4, -0.2) is 10.0 Å². The zero-order valence-corrected chi connectivity index (χ0v) is 6.03. The van der Waals surface area contributed by atoms with Gasteiger partial charge in [-0.15, -0.1) is 0 Å². The van der Waals surface area contributed by atoms with E-state index in [2.05, 4.69) is 0 Å². The molecule has 0 aliphatic heterocycles. The van der Waals surface area contributed by atoms with E-state index < -0.39 is 16.4 Å². The first-order chi connectivity index (χ1) is 5.61. The molecule has 2 unspecified atom stereocenters. The average Bonchev–Trinajstić information content (AvgIpc) is 2.74. The predicted octanol–water partition coefficient (Wildman–Crippen LogP) is 1.54. The lowest BCUT2D eigenvalue weighted by Crippen LogP contribution is -2.07. The van der Waals surface area contributed by atoms with Crippen LogP contribution in [-0.2, 0) is 0 Å². The summed E-state index contributed by atoms with van der Waals surface area (Å²) >= 11 is 0. The highest BCUT2D eigenvalue weighted by molar-refractivity contribution is 5.33. The number of hydrogen-bond acceptors (Lipinski definition) is 3. The lowest BCUT2D eigenvalue weighted by atomic mass is 10.1. The second-order valence-electron chi connectivity index (χ2n) is 3.01. The van der Waals surface area contributed by atoms with Gasteiger partial charge in [-0.25, -0.2) is 4.39 Å². The number of halogens is 1. The zero-order valence-electron chi connectivity index (χ0n) is 6.03. The Morgan fingerprint density at radius 3 is 2.92 bits per heavy atom. The molecule has 1 N–H and O–H groups in total. The minimum Gasteiger partial charge on any atom is -0.506 e. The van der Waals surface area contributed by atoms with Crippen molar-refractivity contribution in [2.45, 2.75) is 6.42 Å². The lowest BCUT2D eigenvalue weighted by molar-refractivity contribution is -0.422. The third kappa shape index (κ3) is 0.823. The minimum absolute atomic E-state index is 0.272. The van der Waals surface area contributed by atoms with Crippen LogP contribution in [0.3, 0.4) is 0 Å². The summed E-state index contributed by atoms with van der Waals surface area (Å²) in [6, 6.07) is 0. The summed E-state index contributed by atoms with van der Waals surface area (Å²) in [5.41, 5.74) is -0.494. The van der Waals surface area contributed by atoms with Crippen LogP contribution < -0.4 is 0 Å². The van der Waals surface area contributed by atoms with E-state index in [9.17, 15) is 19.6 Å². The van der Waals surface area contributed by atoms with Gasteiger partial charge in [0, 0.05) is 11.8 Å². The standard InChI is InChI=1S/C7H6FNO3/c8-5-2-6(9(11)12)7(10)4-1-3(4)5/h2-4,10H,1H2. The molecular weight excluding hydrogens is 165 g/mol. The fourth-order valence-corrected chi connectivity index (χ4v) is 1.45. The van der Waals surface area contributed by atoms with E-state index >= 15 is 0 Å². The van der Waals surface area contributed by atoms with Crippen LogP contribution in [0.5, 0.6) is 0 Å². The molecule has 0 heterocycles. The first-order valence-electron chi connectivity index (χ1n) is 3.56. The van der Waals surface area contributed by atoms with E-state index in [-0.39, 0.29) is 17.6 Å². The van der Waals surface area contributed by atoms with Crippen LogP contribution in [0, 0.1) is 22.0 Å². The number of aliphatic hydroxyl groups excluding tert-OH is 1. The summed E-state index contributed by atoms with van der Waals surface area (Å²) in [5, 5.41) is 19.4. The summed E-state index contributed by atoms with van der Waals surface area (Å²) in [4.78, 5) is 9.49. The van der Waals surface area contributed by atoms with Crippen molar-refractivity contribution in [1.29, 1.82) is 0 Å². The van der Waals surface area contributed by atoms with Crippen molar-refractivity contribution in [3.05, 3.63) is 33.5 Å². The Labute approximate surface area is 67.2 Å². The molecule has 0 radical (unpaired) electrons. The highest BCUT2D eigenvalue weighted by Crippen LogP contribution is 2.52. The van der Waals surface area contributed by atoms with Crippen LogP contribution in [0.4, 0.5) is 4.39 Å². The molecule has 2 aliphatic carbocycles. The summed E-state index contributed by atoms with van der Waals surface area (Å²) < 4.78 is 12.8. The van der Waals surface area contributed by atoms with E-state index in [1.54, 1.807) is 0 Å². The summed E-state index contributed by atoms with van der Waals surface area (Å²) in [5.74, 6) is -1.39. The van der Waals surface area contributed by atoms with Gasteiger partial charge in [-0.1, -0.05) is 0 Å². The maximum absolute atomic E-state index is 12.8. The Balaban J connectivity index is 2.42. The molecule has 0 amide bonds. The van der Waals surface area contributed by atoms with Crippen LogP contribution in [0.1, 0.15) is 6.42 Å². The number of rotatable bonds is 1. The minimum atomic E-state index is -0.760. The molecule has 4 nitrogen and oxygen atoms in total. The van der Waals surface area contributed by atoms with Crippen molar-refractivity contribution >= 4 is 0 Å². The molecule has 0 spiro atoms. The smallest absolute Gasteiger partial charge is 0.309 e. The molecule has 2 rings (SSSR count). The number of aliphatic hydroxyl groups is 1. The summed E-state index contributed by atoms with van der Waals surface area (Å²) in [6.07, 6.45) is 1.30. The van der Waals surface area contributed by atoms with Crippen molar-refractivity contribution in [3.8, 4) is 0 Å². The van der Waals surface area contributed by atoms with Gasteiger partial charge >= 0.3 is 5.70 Å². The summed E-state index contributed by atoms with van der Waals surface area (Å²) in [6.45, 7) is 0. The largest absolute Gasteiger partial charge is 0.506 e. The Bertz CT molecular complexity index is 321. The SMILES string of the molecule is O=[N+]([O-])C1=C(O)C2CC2C(F)=C1. The molecule has 0 aromatic heterocycles. The van der Waals surface area contributed by atoms with Crippen molar-refractivity contribution < 1.29 is 14.4 Å². The highest BCUT2D eigenvalue weighted by atomic mass is 19.1. The zero-order chi connectivity index (χ0) is 8.88. The van der Waals surface area contributed by atoms with Crippen molar-refractivity contribution in [3.63, 3.8) is 0 Å². The molecule has 0 bridgehead atoms. The maximum atomic E-state index is 12.8.